The molecule has 0 amide bonds. The van der Waals surface area contributed by atoms with Crippen molar-refractivity contribution in [2.45, 2.75) is 19.9 Å². The van der Waals surface area contributed by atoms with E-state index in [9.17, 15) is 4.79 Å². The molecule has 0 aromatic heterocycles. The van der Waals surface area contributed by atoms with Gasteiger partial charge in [-0.05, 0) is 13.8 Å². The number of halogens is 1. The topological polar surface area (TPSA) is 63.3 Å². The molecule has 1 unspecified atom stereocenters. The Hall–Kier alpha value is -0.540. The highest BCUT2D eigenvalue weighted by atomic mass is 35.5. The van der Waals surface area contributed by atoms with Crippen molar-refractivity contribution >= 4 is 17.6 Å². The number of hydrogen-bond donors (Lipinski definition) is 2. The maximum absolute atomic E-state index is 9.57. The van der Waals surface area contributed by atoms with E-state index < -0.39 is 12.0 Å². The summed E-state index contributed by atoms with van der Waals surface area (Å²) in [4.78, 5) is 9.57. The predicted molar refractivity (Wildman–Crippen MR) is 42.0 cm³/mol. The lowest BCUT2D eigenvalue weighted by atomic mass is 10.4. The van der Waals surface area contributed by atoms with Gasteiger partial charge < -0.3 is 10.8 Å². The van der Waals surface area contributed by atoms with Gasteiger partial charge in [-0.15, -0.1) is 0 Å². The lowest BCUT2D eigenvalue weighted by Gasteiger charge is -1.90. The number of hydrogen-bond acceptors (Lipinski definition) is 2. The molecule has 0 aliphatic carbocycles. The minimum Gasteiger partial charge on any atom is -0.480 e. The largest absolute Gasteiger partial charge is 0.480 e. The molecule has 0 fully saturated rings. The van der Waals surface area contributed by atoms with Crippen molar-refractivity contribution in [1.82, 2.24) is 0 Å². The summed E-state index contributed by atoms with van der Waals surface area (Å²) in [5, 5.41) is 8.50. The van der Waals surface area contributed by atoms with E-state index >= 15 is 0 Å². The van der Waals surface area contributed by atoms with Crippen LogP contribution in [0.2, 0.25) is 0 Å². The van der Waals surface area contributed by atoms with Crippen molar-refractivity contribution in [3.05, 3.63) is 11.6 Å². The first-order valence-corrected chi connectivity index (χ1v) is 3.05. The smallest absolute Gasteiger partial charge is 0.320 e. The third-order valence-corrected chi connectivity index (χ3v) is 0.390. The Morgan fingerprint density at radius 1 is 1.80 bits per heavy atom. The number of allylic oxidation sites excluding steroid dienone is 1. The molecule has 3 N–H and O–H groups in total. The fourth-order valence-electron chi connectivity index (χ4n) is 0. The lowest BCUT2D eigenvalue weighted by molar-refractivity contribution is -0.138. The Balaban J connectivity index is 0. The van der Waals surface area contributed by atoms with Gasteiger partial charge in [-0.2, -0.15) is 0 Å². The van der Waals surface area contributed by atoms with Gasteiger partial charge in [-0.25, -0.2) is 0 Å². The van der Waals surface area contributed by atoms with Crippen LogP contribution in [0.4, 0.5) is 0 Å². The Morgan fingerprint density at radius 3 is 1.90 bits per heavy atom. The van der Waals surface area contributed by atoms with Crippen LogP contribution in [0.25, 0.3) is 0 Å². The van der Waals surface area contributed by atoms with Crippen LogP contribution in [-0.4, -0.2) is 17.1 Å². The number of aliphatic carboxylic acids is 1. The van der Waals surface area contributed by atoms with Crippen LogP contribution in [0.3, 0.4) is 0 Å². The molecule has 0 bridgehead atoms. The fraction of sp³-hybridized carbons (Fsp3) is 0.500. The predicted octanol–water partition coefficient (Wildman–Crippen LogP) is 1.18. The number of nitrogens with two attached hydrogens (primary N) is 1. The van der Waals surface area contributed by atoms with Crippen LogP contribution in [0.1, 0.15) is 13.8 Å². The maximum Gasteiger partial charge on any atom is 0.320 e. The summed E-state index contributed by atoms with van der Waals surface area (Å²) in [6, 6.07) is -0.731. The summed E-state index contributed by atoms with van der Waals surface area (Å²) in [6.45, 7) is 6.48. The summed E-state index contributed by atoms with van der Waals surface area (Å²) in [5.41, 5.74) is 4.84. The summed E-state index contributed by atoms with van der Waals surface area (Å²) in [6.07, 6.45) is 0. The van der Waals surface area contributed by atoms with Crippen LogP contribution in [0, 0.1) is 0 Å². The first kappa shape index (κ1) is 12.2. The molecule has 0 aliphatic heterocycles. The number of carboxylic acids is 1. The quantitative estimate of drug-likeness (QED) is 0.613. The molecule has 0 heterocycles. The van der Waals surface area contributed by atoms with Gasteiger partial charge in [0.2, 0.25) is 0 Å². The Kier molecular flexibility index (Phi) is 8.00. The van der Waals surface area contributed by atoms with Gasteiger partial charge in [-0.1, -0.05) is 18.2 Å². The molecule has 0 aliphatic rings. The fourth-order valence-corrected chi connectivity index (χ4v) is 0. The van der Waals surface area contributed by atoms with Gasteiger partial charge in [0, 0.05) is 5.03 Å². The normalized spacial score (nSPS) is 10.8. The Bertz CT molecular complexity index is 119. The summed E-state index contributed by atoms with van der Waals surface area (Å²) < 4.78 is 0. The van der Waals surface area contributed by atoms with E-state index in [1.54, 1.807) is 6.92 Å². The SMILES string of the molecule is C=C(C)Cl.CC(N)C(=O)O. The molecule has 0 saturated heterocycles. The van der Waals surface area contributed by atoms with Crippen molar-refractivity contribution in [3.8, 4) is 0 Å². The standard InChI is InChI=1S/C3H5Cl.C3H7NO2/c1-3(2)4;1-2(4)3(5)6/h1H2,2H3;2H,4H2,1H3,(H,5,6). The second-order valence-corrected chi connectivity index (χ2v) is 2.45. The number of rotatable bonds is 1. The van der Waals surface area contributed by atoms with Gasteiger partial charge >= 0.3 is 5.97 Å². The molecule has 0 aromatic rings. The van der Waals surface area contributed by atoms with Crippen LogP contribution < -0.4 is 5.73 Å². The molecule has 0 rings (SSSR count). The van der Waals surface area contributed by atoms with Crippen molar-refractivity contribution < 1.29 is 9.90 Å². The molecule has 3 nitrogen and oxygen atoms in total. The molecular weight excluding hydrogens is 154 g/mol. The zero-order chi connectivity index (χ0) is 8.73. The van der Waals surface area contributed by atoms with Crippen molar-refractivity contribution in [1.29, 1.82) is 0 Å². The summed E-state index contributed by atoms with van der Waals surface area (Å²) >= 11 is 5.08. The molecule has 0 spiro atoms. The van der Waals surface area contributed by atoms with Crippen molar-refractivity contribution in [2.24, 2.45) is 5.73 Å². The molecule has 60 valence electrons. The molecule has 0 radical (unpaired) electrons. The van der Waals surface area contributed by atoms with Gasteiger partial charge in [0.15, 0.2) is 0 Å². The second kappa shape index (κ2) is 6.58. The van der Waals surface area contributed by atoms with Crippen molar-refractivity contribution in [3.63, 3.8) is 0 Å². The monoisotopic (exact) mass is 165 g/mol. The maximum atomic E-state index is 9.57. The highest BCUT2D eigenvalue weighted by Crippen LogP contribution is 1.87. The van der Waals surface area contributed by atoms with E-state index in [1.807, 2.05) is 0 Å². The highest BCUT2D eigenvalue weighted by molar-refractivity contribution is 6.28. The third-order valence-electron chi connectivity index (χ3n) is 0.390. The van der Waals surface area contributed by atoms with Gasteiger partial charge in [-0.3, -0.25) is 4.79 Å². The minimum atomic E-state index is -0.963. The van der Waals surface area contributed by atoms with E-state index in [4.69, 9.17) is 22.4 Å². The Labute approximate surface area is 65.5 Å². The van der Waals surface area contributed by atoms with Crippen molar-refractivity contribution in [2.75, 3.05) is 0 Å². The Morgan fingerprint density at radius 2 is 1.90 bits per heavy atom. The molecule has 0 saturated carbocycles. The summed E-state index contributed by atoms with van der Waals surface area (Å²) in [7, 11) is 0. The zero-order valence-electron chi connectivity index (χ0n) is 6.10. The summed E-state index contributed by atoms with van der Waals surface area (Å²) in [5.74, 6) is -0.963. The van der Waals surface area contributed by atoms with Gasteiger partial charge in [0.05, 0.1) is 0 Å². The first-order chi connectivity index (χ1) is 4.37. The molecule has 0 aromatic carbocycles. The first-order valence-electron chi connectivity index (χ1n) is 2.67. The van der Waals surface area contributed by atoms with Gasteiger partial charge in [0.25, 0.3) is 0 Å². The number of carbonyl (C=O) groups is 1. The average molecular weight is 166 g/mol. The van der Waals surface area contributed by atoms with Crippen LogP contribution in [0.5, 0.6) is 0 Å². The van der Waals surface area contributed by atoms with Crippen LogP contribution in [-0.2, 0) is 4.79 Å². The minimum absolute atomic E-state index is 0.639. The lowest BCUT2D eigenvalue weighted by Crippen LogP contribution is -2.25. The molecular formula is C6H12ClNO2. The third kappa shape index (κ3) is 26.0. The average Bonchev–Trinajstić information content (AvgIpc) is 1.63. The highest BCUT2D eigenvalue weighted by Gasteiger charge is 1.99. The van der Waals surface area contributed by atoms with Crippen LogP contribution >= 0.6 is 11.6 Å². The zero-order valence-corrected chi connectivity index (χ0v) is 6.85. The van der Waals surface area contributed by atoms with E-state index in [1.165, 1.54) is 6.92 Å². The molecule has 4 heteroatoms. The second-order valence-electron chi connectivity index (χ2n) is 1.80. The molecule has 10 heavy (non-hydrogen) atoms. The van der Waals surface area contributed by atoms with E-state index in [2.05, 4.69) is 6.58 Å². The van der Waals surface area contributed by atoms with Gasteiger partial charge in [0.1, 0.15) is 6.04 Å². The van der Waals surface area contributed by atoms with Crippen LogP contribution in [0.15, 0.2) is 11.6 Å². The van der Waals surface area contributed by atoms with E-state index in [0.717, 1.165) is 0 Å². The van der Waals surface area contributed by atoms with E-state index in [-0.39, 0.29) is 0 Å². The van der Waals surface area contributed by atoms with E-state index in [0.29, 0.717) is 5.03 Å². The number of carboxylic acid groups (broad SMARTS) is 1. The molecule has 1 atom stereocenters.